The minimum Gasteiger partial charge on any atom is -0.381 e. The molecule has 7 heteroatoms. The van der Waals surface area contributed by atoms with Crippen molar-refractivity contribution in [3.05, 3.63) is 106 Å². The number of carbonyl (C=O) groups excluding carboxylic acids is 2. The molecule has 1 aliphatic rings. The Morgan fingerprint density at radius 3 is 2.23 bits per heavy atom. The SMILES string of the molecule is Cc1ccc(C(=O)CN2C(C(=O)c3ccccc3)=C(NC(C)C)c3ccccc3S2(=O)=O)c(C)c1. The van der Waals surface area contributed by atoms with Gasteiger partial charge in [-0.2, -0.15) is 0 Å². The largest absolute Gasteiger partial charge is 0.381 e. The lowest BCUT2D eigenvalue weighted by Crippen LogP contribution is -2.43. The summed E-state index contributed by atoms with van der Waals surface area (Å²) in [6, 6.07) is 20.4. The van der Waals surface area contributed by atoms with Crippen LogP contribution in [0.3, 0.4) is 0 Å². The van der Waals surface area contributed by atoms with Crippen molar-refractivity contribution in [2.24, 2.45) is 0 Å². The molecule has 4 rings (SSSR count). The molecule has 0 unspecified atom stereocenters. The maximum Gasteiger partial charge on any atom is 0.265 e. The molecular formula is C28H28N2O4S. The molecule has 1 aliphatic heterocycles. The van der Waals surface area contributed by atoms with E-state index in [0.717, 1.165) is 15.4 Å². The Hall–Kier alpha value is -3.71. The van der Waals surface area contributed by atoms with E-state index in [0.29, 0.717) is 22.4 Å². The van der Waals surface area contributed by atoms with Gasteiger partial charge in [-0.05, 0) is 39.3 Å². The average molecular weight is 489 g/mol. The summed E-state index contributed by atoms with van der Waals surface area (Å²) < 4.78 is 28.7. The fraction of sp³-hybridized carbons (Fsp3) is 0.214. The molecule has 0 fully saturated rings. The number of Topliss-reactive ketones (excluding diaryl/α,β-unsaturated/α-hetero) is 2. The van der Waals surface area contributed by atoms with Crippen molar-refractivity contribution in [1.82, 2.24) is 9.62 Å². The summed E-state index contributed by atoms with van der Waals surface area (Å²) in [5.74, 6) is -0.854. The molecule has 0 saturated heterocycles. The molecule has 1 N–H and O–H groups in total. The van der Waals surface area contributed by atoms with Crippen molar-refractivity contribution in [2.75, 3.05) is 6.54 Å². The number of nitrogens with zero attached hydrogens (tertiary/aromatic N) is 1. The van der Waals surface area contributed by atoms with Crippen molar-refractivity contribution in [2.45, 2.75) is 38.6 Å². The molecule has 0 aromatic heterocycles. The van der Waals surface area contributed by atoms with E-state index in [2.05, 4.69) is 5.32 Å². The highest BCUT2D eigenvalue weighted by Crippen LogP contribution is 2.37. The molecule has 0 bridgehead atoms. The van der Waals surface area contributed by atoms with Crippen LogP contribution in [0.25, 0.3) is 5.70 Å². The number of carbonyl (C=O) groups is 2. The van der Waals surface area contributed by atoms with Gasteiger partial charge in [0.25, 0.3) is 10.0 Å². The highest BCUT2D eigenvalue weighted by atomic mass is 32.2. The normalized spacial score (nSPS) is 14.6. The lowest BCUT2D eigenvalue weighted by Gasteiger charge is -2.34. The predicted molar refractivity (Wildman–Crippen MR) is 137 cm³/mol. The van der Waals surface area contributed by atoms with E-state index in [1.165, 1.54) is 6.07 Å². The Morgan fingerprint density at radius 2 is 1.57 bits per heavy atom. The number of hydrogen-bond donors (Lipinski definition) is 1. The van der Waals surface area contributed by atoms with Gasteiger partial charge in [-0.3, -0.25) is 13.9 Å². The smallest absolute Gasteiger partial charge is 0.265 e. The number of nitrogens with one attached hydrogen (secondary N) is 1. The van der Waals surface area contributed by atoms with E-state index in [4.69, 9.17) is 0 Å². The topological polar surface area (TPSA) is 83.6 Å². The first-order chi connectivity index (χ1) is 16.6. The third-order valence-electron chi connectivity index (χ3n) is 5.86. The fourth-order valence-electron chi connectivity index (χ4n) is 4.28. The highest BCUT2D eigenvalue weighted by molar-refractivity contribution is 7.89. The summed E-state index contributed by atoms with van der Waals surface area (Å²) in [4.78, 5) is 27.3. The number of benzene rings is 3. The van der Waals surface area contributed by atoms with Gasteiger partial charge in [-0.25, -0.2) is 8.42 Å². The van der Waals surface area contributed by atoms with Crippen LogP contribution in [-0.4, -0.2) is 36.9 Å². The fourth-order valence-corrected chi connectivity index (χ4v) is 5.92. The quantitative estimate of drug-likeness (QED) is 0.486. The average Bonchev–Trinajstić information content (AvgIpc) is 2.82. The molecule has 3 aromatic rings. The van der Waals surface area contributed by atoms with Crippen LogP contribution in [0, 0.1) is 13.8 Å². The Morgan fingerprint density at radius 1 is 0.914 bits per heavy atom. The zero-order valence-electron chi connectivity index (χ0n) is 20.2. The molecule has 180 valence electrons. The minimum absolute atomic E-state index is 0.0540. The van der Waals surface area contributed by atoms with Crippen LogP contribution in [0.4, 0.5) is 0 Å². The van der Waals surface area contributed by atoms with Gasteiger partial charge in [-0.1, -0.05) is 72.3 Å². The first-order valence-electron chi connectivity index (χ1n) is 11.4. The van der Waals surface area contributed by atoms with Gasteiger partial charge >= 0.3 is 0 Å². The number of rotatable bonds is 7. The van der Waals surface area contributed by atoms with Crippen molar-refractivity contribution in [3.63, 3.8) is 0 Å². The Labute approximate surface area is 206 Å². The number of hydrogen-bond acceptors (Lipinski definition) is 5. The van der Waals surface area contributed by atoms with Gasteiger partial charge in [0.15, 0.2) is 5.78 Å². The molecule has 0 amide bonds. The molecule has 1 heterocycles. The van der Waals surface area contributed by atoms with Gasteiger partial charge in [-0.15, -0.1) is 0 Å². The van der Waals surface area contributed by atoms with Gasteiger partial charge < -0.3 is 5.32 Å². The Balaban J connectivity index is 1.94. The minimum atomic E-state index is -4.18. The van der Waals surface area contributed by atoms with Crippen LogP contribution in [0.1, 0.15) is 51.3 Å². The van der Waals surface area contributed by atoms with Crippen molar-refractivity contribution < 1.29 is 18.0 Å². The summed E-state index contributed by atoms with van der Waals surface area (Å²) in [5.41, 5.74) is 3.27. The molecular weight excluding hydrogens is 460 g/mol. The van der Waals surface area contributed by atoms with E-state index in [-0.39, 0.29) is 22.4 Å². The summed E-state index contributed by atoms with van der Waals surface area (Å²) in [6.45, 7) is 7.08. The summed E-state index contributed by atoms with van der Waals surface area (Å²) in [5, 5.41) is 3.28. The van der Waals surface area contributed by atoms with Crippen LogP contribution in [0.2, 0.25) is 0 Å². The van der Waals surface area contributed by atoms with E-state index in [1.54, 1.807) is 54.6 Å². The van der Waals surface area contributed by atoms with Crippen molar-refractivity contribution >= 4 is 27.3 Å². The van der Waals surface area contributed by atoms with Gasteiger partial charge in [0, 0.05) is 22.7 Å². The van der Waals surface area contributed by atoms with E-state index < -0.39 is 22.4 Å². The lowest BCUT2D eigenvalue weighted by molar-refractivity contribution is 0.0957. The van der Waals surface area contributed by atoms with Gasteiger partial charge in [0.05, 0.1) is 17.1 Å². The van der Waals surface area contributed by atoms with Gasteiger partial charge in [0.2, 0.25) is 5.78 Å². The van der Waals surface area contributed by atoms with Crippen LogP contribution >= 0.6 is 0 Å². The third kappa shape index (κ3) is 4.64. The second-order valence-electron chi connectivity index (χ2n) is 8.97. The maximum absolute atomic E-state index is 13.8. The zero-order valence-corrected chi connectivity index (χ0v) is 21.0. The third-order valence-corrected chi connectivity index (χ3v) is 7.67. The van der Waals surface area contributed by atoms with Crippen LogP contribution in [-0.2, 0) is 10.0 Å². The first kappa shape index (κ1) is 24.4. The summed E-state index contributed by atoms with van der Waals surface area (Å²) in [7, 11) is -4.18. The maximum atomic E-state index is 13.8. The first-order valence-corrected chi connectivity index (χ1v) is 12.9. The Kier molecular flexibility index (Phi) is 6.63. The molecule has 3 aromatic carbocycles. The number of allylic oxidation sites excluding steroid dienone is 1. The molecule has 6 nitrogen and oxygen atoms in total. The van der Waals surface area contributed by atoms with Crippen LogP contribution in [0.15, 0.2) is 83.4 Å². The van der Waals surface area contributed by atoms with E-state index >= 15 is 0 Å². The summed E-state index contributed by atoms with van der Waals surface area (Å²) >= 11 is 0. The van der Waals surface area contributed by atoms with Crippen molar-refractivity contribution in [3.8, 4) is 0 Å². The zero-order chi connectivity index (χ0) is 25.3. The van der Waals surface area contributed by atoms with Crippen LogP contribution < -0.4 is 5.32 Å². The number of fused-ring (bicyclic) bond motifs is 1. The Bertz CT molecular complexity index is 1440. The van der Waals surface area contributed by atoms with E-state index in [1.807, 2.05) is 39.8 Å². The molecule has 35 heavy (non-hydrogen) atoms. The highest BCUT2D eigenvalue weighted by Gasteiger charge is 2.41. The van der Waals surface area contributed by atoms with Crippen molar-refractivity contribution in [1.29, 1.82) is 0 Å². The molecule has 0 aliphatic carbocycles. The number of sulfonamides is 1. The van der Waals surface area contributed by atoms with Gasteiger partial charge in [0.1, 0.15) is 5.70 Å². The standard InChI is InChI=1S/C28H28N2O4S/c1-18(2)29-26-23-12-8-9-13-25(23)35(33,34)30(27(26)28(32)21-10-6-5-7-11-21)17-24(31)22-15-14-19(3)16-20(22)4/h5-16,18,29H,17H2,1-4H3. The molecule has 0 saturated carbocycles. The second-order valence-corrected chi connectivity index (χ2v) is 10.8. The lowest BCUT2D eigenvalue weighted by atomic mass is 10.00. The number of ketones is 2. The second kappa shape index (κ2) is 9.50. The van der Waals surface area contributed by atoms with E-state index in [9.17, 15) is 18.0 Å². The summed E-state index contributed by atoms with van der Waals surface area (Å²) in [6.07, 6.45) is 0. The molecule has 0 radical (unpaired) electrons. The monoisotopic (exact) mass is 488 g/mol. The number of aryl methyl sites for hydroxylation is 2. The molecule has 0 atom stereocenters. The predicted octanol–water partition coefficient (Wildman–Crippen LogP) is 4.74. The molecule has 0 spiro atoms. The van der Waals surface area contributed by atoms with Crippen LogP contribution in [0.5, 0.6) is 0 Å².